The molecule has 0 amide bonds. The van der Waals surface area contributed by atoms with Gasteiger partial charge in [0.2, 0.25) is 0 Å². The van der Waals surface area contributed by atoms with Gasteiger partial charge in [-0.05, 0) is 184 Å². The molecule has 96 heavy (non-hydrogen) atoms. The van der Waals surface area contributed by atoms with Gasteiger partial charge >= 0.3 is 0 Å². The van der Waals surface area contributed by atoms with Crippen LogP contribution >= 0.6 is 0 Å². The molecule has 0 saturated carbocycles. The minimum Gasteiger partial charge on any atom is -0.310 e. The molecule has 6 nitrogen and oxygen atoms in total. The molecule has 0 unspecified atom stereocenters. The van der Waals surface area contributed by atoms with E-state index >= 15 is 0 Å². The fourth-order valence-electron chi connectivity index (χ4n) is 8.77. The van der Waals surface area contributed by atoms with E-state index in [0.717, 1.165) is 87.5 Å². The Kier molecular flexibility index (Phi) is 72.7. The van der Waals surface area contributed by atoms with E-state index < -0.39 is 0 Å². The van der Waals surface area contributed by atoms with Gasteiger partial charge in [-0.2, -0.15) is 83.9 Å². The summed E-state index contributed by atoms with van der Waals surface area (Å²) in [6.07, 6.45) is 2.10. The first-order valence-corrected chi connectivity index (χ1v) is 35.9. The zero-order valence-electron chi connectivity index (χ0n) is 67.1. The first-order valence-electron chi connectivity index (χ1n) is 35.9. The van der Waals surface area contributed by atoms with Crippen LogP contribution in [0, 0.1) is 24.3 Å². The molecule has 0 aromatic heterocycles. The van der Waals surface area contributed by atoms with Crippen LogP contribution < -0.4 is 0 Å². The molecule has 0 bridgehead atoms. The summed E-state index contributed by atoms with van der Waals surface area (Å²) in [5.74, 6) is 0. The van der Waals surface area contributed by atoms with Gasteiger partial charge < -0.3 is 29.4 Å². The van der Waals surface area contributed by atoms with Crippen molar-refractivity contribution < 1.29 is 65.4 Å². The van der Waals surface area contributed by atoms with Crippen LogP contribution in [0.2, 0.25) is 0 Å². The topological polar surface area (TPSA) is 19.4 Å². The van der Waals surface area contributed by atoms with Crippen LogP contribution in [0.1, 0.15) is 183 Å². The van der Waals surface area contributed by atoms with Crippen molar-refractivity contribution in [1.82, 2.24) is 29.4 Å². The molecule has 0 N–H and O–H groups in total. The maximum atomic E-state index is 3.42. The number of hydrogen-bond acceptors (Lipinski definition) is 6. The Hall–Kier alpha value is -4.27. The third-order valence-corrected chi connectivity index (χ3v) is 13.9. The third kappa shape index (κ3) is 41.3. The monoisotopic (exact) mass is 1460 g/mol. The number of hydrogen-bond donors (Lipinski definition) is 0. The molecule has 0 saturated heterocycles. The van der Waals surface area contributed by atoms with E-state index in [1.165, 1.54) is 66.8 Å². The molecule has 0 fully saturated rings. The maximum absolute atomic E-state index is 3.42. The van der Waals surface area contributed by atoms with Crippen molar-refractivity contribution in [3.05, 3.63) is 239 Å². The van der Waals surface area contributed by atoms with Crippen LogP contribution in [0.3, 0.4) is 0 Å². The van der Waals surface area contributed by atoms with Crippen molar-refractivity contribution in [2.75, 3.05) is 96.7 Å². The summed E-state index contributed by atoms with van der Waals surface area (Å²) in [7, 11) is 20.8. The second-order valence-corrected chi connectivity index (χ2v) is 21.2. The number of rotatable bonds is 14. The predicted octanol–water partition coefficient (Wildman–Crippen LogP) is 22.8. The Morgan fingerprint density at radius 1 is 0.292 bits per heavy atom. The zero-order valence-corrected chi connectivity index (χ0v) is 72.8. The van der Waals surface area contributed by atoms with Crippen LogP contribution in [0.25, 0.3) is 44.5 Å². The van der Waals surface area contributed by atoms with Crippen LogP contribution in [0.5, 0.6) is 0 Å². The molecule has 2 radical (unpaired) electrons. The van der Waals surface area contributed by atoms with E-state index in [4.69, 9.17) is 0 Å². The minimum atomic E-state index is 0. The molecule has 0 spiro atoms. The Morgan fingerprint density at radius 2 is 0.604 bits per heavy atom. The Morgan fingerprint density at radius 3 is 1.00 bits per heavy atom. The first-order chi connectivity index (χ1) is 45.6. The smallest absolute Gasteiger partial charge is 0.0231 e. The second-order valence-electron chi connectivity index (χ2n) is 21.2. The van der Waals surface area contributed by atoms with Gasteiger partial charge in [0.15, 0.2) is 0 Å². The molecule has 530 valence electrons. The summed E-state index contributed by atoms with van der Waals surface area (Å²) in [4.78, 5) is 13.3. The van der Waals surface area contributed by atoms with Crippen LogP contribution in [-0.4, -0.2) is 126 Å². The van der Waals surface area contributed by atoms with Gasteiger partial charge in [0.25, 0.3) is 0 Å². The normalized spacial score (nSPS) is 9.79. The Balaban J connectivity index is -0.000000280. The summed E-state index contributed by atoms with van der Waals surface area (Å²) in [5.41, 5.74) is 21.2. The number of fused-ring (bicyclic) bond motifs is 6. The Bertz CT molecular complexity index is 2940. The average Bonchev–Trinajstić information content (AvgIpc) is 1.63. The summed E-state index contributed by atoms with van der Waals surface area (Å²) < 4.78 is 0. The first kappa shape index (κ1) is 103. The largest absolute Gasteiger partial charge is 0.310 e. The van der Waals surface area contributed by atoms with E-state index in [1.807, 2.05) is 147 Å². The average molecular weight is 1460 g/mol. The van der Waals surface area contributed by atoms with Crippen molar-refractivity contribution in [2.45, 2.75) is 177 Å². The summed E-state index contributed by atoms with van der Waals surface area (Å²) in [5, 5.41) is 0. The van der Waals surface area contributed by atoms with Crippen molar-refractivity contribution in [1.29, 1.82) is 0 Å². The van der Waals surface area contributed by atoms with E-state index in [1.54, 1.807) is 0 Å². The molecular formula is C88H138N6Y2-4. The predicted molar refractivity (Wildman–Crippen MR) is 427 cm³/mol. The van der Waals surface area contributed by atoms with Gasteiger partial charge in [0.1, 0.15) is 0 Å². The van der Waals surface area contributed by atoms with Gasteiger partial charge in [-0.25, -0.2) is 22.3 Å². The van der Waals surface area contributed by atoms with Gasteiger partial charge in [-0.15, -0.1) is 36.4 Å². The molecule has 2 aliphatic rings. The van der Waals surface area contributed by atoms with E-state index in [9.17, 15) is 0 Å². The molecule has 8 aromatic carbocycles. The third-order valence-electron chi connectivity index (χ3n) is 13.9. The fourth-order valence-corrected chi connectivity index (χ4v) is 8.77. The SMILES string of the molecule is CC.CC.CC.CC.CC.CC.CC.CC.CCN(C)C.CCN(C)C.CCN(C)C.CCN(C)C.CN(Cc1ccc2c(c1)-c1ccccc1C2)Cc1ccc[c-]c1-c1[c-]cccc1.CN(Cc1ccc[c-]c1-c1[c-]cccc1)Cc1cccc2c1-c1ccccc1C2.[Y].[Y]. The molecule has 2 aliphatic carbocycles. The van der Waals surface area contributed by atoms with Crippen LogP contribution in [0.15, 0.2) is 170 Å². The van der Waals surface area contributed by atoms with Crippen molar-refractivity contribution in [3.63, 3.8) is 0 Å². The van der Waals surface area contributed by atoms with Gasteiger partial charge in [-0.3, -0.25) is 0 Å². The molecule has 8 heteroatoms. The summed E-state index contributed by atoms with van der Waals surface area (Å²) in [6, 6.07) is 73.6. The van der Waals surface area contributed by atoms with Gasteiger partial charge in [-0.1, -0.05) is 217 Å². The molecular weight excluding hydrogens is 1320 g/mol. The quantitative estimate of drug-likeness (QED) is 0.100. The number of benzene rings is 8. The fraction of sp³-hybridized carbons (Fsp3) is 0.455. The standard InChI is InChI=1S/2C28H23N.4C4H11N.8C2H6.2Y/c1-29(19-24-13-6-7-16-26(24)21-10-3-2-4-11-21)20-25-15-9-14-23-18-22-12-5-8-17-27(22)28(23)25;1-29(20-25-12-6-7-13-26(25)22-9-3-2-4-10-22)19-21-15-16-24-18-23-11-5-8-14-27(23)28(24)17-21;4*1-4-5(2)3;8*1-2;;/h2-10,12-15,17H,18-20H2,1H3;2-9,11-12,14-17H,18-20H2,1H3;4*4H2,1-3H3;8*1-2H3;;/q2*-2;;;;;;;;;;;;;;. The van der Waals surface area contributed by atoms with E-state index in [-0.39, 0.29) is 65.4 Å². The van der Waals surface area contributed by atoms with Crippen molar-refractivity contribution in [3.8, 4) is 44.5 Å². The van der Waals surface area contributed by atoms with Gasteiger partial charge in [0, 0.05) is 78.5 Å². The minimum absolute atomic E-state index is 0. The van der Waals surface area contributed by atoms with E-state index in [0.29, 0.717) is 0 Å². The van der Waals surface area contributed by atoms with Crippen molar-refractivity contribution >= 4 is 0 Å². The number of nitrogens with zero attached hydrogens (tertiary/aromatic N) is 6. The Labute approximate surface area is 646 Å². The molecule has 10 rings (SSSR count). The zero-order chi connectivity index (χ0) is 72.4. The van der Waals surface area contributed by atoms with E-state index in [2.05, 4.69) is 285 Å². The molecule has 0 aliphatic heterocycles. The summed E-state index contributed by atoms with van der Waals surface area (Å²) >= 11 is 0. The second kappa shape index (κ2) is 67.9. The van der Waals surface area contributed by atoms with Gasteiger partial charge in [0.05, 0.1) is 0 Å². The molecule has 0 heterocycles. The maximum Gasteiger partial charge on any atom is 0.0231 e. The molecule has 0 atom stereocenters. The molecule has 8 aromatic rings. The van der Waals surface area contributed by atoms with Crippen LogP contribution in [0.4, 0.5) is 0 Å². The van der Waals surface area contributed by atoms with Crippen molar-refractivity contribution in [2.24, 2.45) is 0 Å². The van der Waals surface area contributed by atoms with Crippen LogP contribution in [-0.2, 0) is 104 Å². The summed E-state index contributed by atoms with van der Waals surface area (Å²) in [6.45, 7) is 48.6.